The van der Waals surface area contributed by atoms with Crippen LogP contribution in [0.4, 0.5) is 0 Å². The largest absolute Gasteiger partial charge is 0.0990 e. The molecule has 0 spiro atoms. The monoisotopic (exact) mass is 448 g/mol. The highest BCUT2D eigenvalue weighted by Crippen LogP contribution is 2.45. The maximum atomic E-state index is 4.26. The second kappa shape index (κ2) is 9.44. The van der Waals surface area contributed by atoms with Crippen LogP contribution >= 0.6 is 0 Å². The fourth-order valence-electron chi connectivity index (χ4n) is 5.21. The molecule has 0 fully saturated rings. The van der Waals surface area contributed by atoms with Gasteiger partial charge in [0.1, 0.15) is 0 Å². The highest BCUT2D eigenvalue weighted by atomic mass is 14.2. The van der Waals surface area contributed by atoms with Crippen molar-refractivity contribution >= 4 is 50.0 Å². The van der Waals surface area contributed by atoms with Crippen LogP contribution < -0.4 is 0 Å². The molecule has 0 aliphatic rings. The molecule has 0 saturated carbocycles. The third kappa shape index (κ3) is 3.74. The molecule has 5 aromatic carbocycles. The molecule has 168 valence electrons. The molecule has 0 aromatic heterocycles. The minimum atomic E-state index is 1.08. The van der Waals surface area contributed by atoms with E-state index in [1.807, 2.05) is 25.2 Å². The molecule has 5 rings (SSSR count). The van der Waals surface area contributed by atoms with E-state index < -0.39 is 0 Å². The molecule has 0 aliphatic carbocycles. The Morgan fingerprint density at radius 2 is 1.37 bits per heavy atom. The van der Waals surface area contributed by atoms with E-state index in [1.165, 1.54) is 43.4 Å². The average molecular weight is 449 g/mol. The van der Waals surface area contributed by atoms with E-state index in [0.717, 1.165) is 22.3 Å². The van der Waals surface area contributed by atoms with E-state index >= 15 is 0 Å². The van der Waals surface area contributed by atoms with Crippen molar-refractivity contribution in [2.75, 3.05) is 0 Å². The normalized spacial score (nSPS) is 12.0. The van der Waals surface area contributed by atoms with Crippen molar-refractivity contribution in [2.24, 2.45) is 0 Å². The Bertz CT molecular complexity index is 1690. The van der Waals surface area contributed by atoms with Gasteiger partial charge in [-0.2, -0.15) is 0 Å². The molecule has 0 N–H and O–H groups in total. The summed E-state index contributed by atoms with van der Waals surface area (Å²) >= 11 is 0. The lowest BCUT2D eigenvalue weighted by molar-refractivity contribution is 1.58. The van der Waals surface area contributed by atoms with Crippen molar-refractivity contribution in [3.05, 3.63) is 140 Å². The zero-order valence-corrected chi connectivity index (χ0v) is 20.1. The molecule has 0 saturated heterocycles. The van der Waals surface area contributed by atoms with Crippen LogP contribution in [0.5, 0.6) is 0 Å². The Labute approximate surface area is 207 Å². The summed E-state index contributed by atoms with van der Waals surface area (Å²) in [5, 5.41) is 7.32. The molecular formula is C35H28. The first-order valence-electron chi connectivity index (χ1n) is 11.9. The summed E-state index contributed by atoms with van der Waals surface area (Å²) in [5.74, 6) is 0. The first-order valence-corrected chi connectivity index (χ1v) is 11.9. The lowest BCUT2D eigenvalue weighted by atomic mass is 9.81. The lowest BCUT2D eigenvalue weighted by Gasteiger charge is -2.22. The molecule has 0 radical (unpaired) electrons. The van der Waals surface area contributed by atoms with Crippen LogP contribution in [0.2, 0.25) is 0 Å². The fourth-order valence-corrected chi connectivity index (χ4v) is 5.21. The molecule has 0 nitrogen and oxygen atoms in total. The molecule has 35 heavy (non-hydrogen) atoms. The summed E-state index contributed by atoms with van der Waals surface area (Å²) < 4.78 is 0. The minimum absolute atomic E-state index is 1.08. The van der Waals surface area contributed by atoms with Gasteiger partial charge in [0.2, 0.25) is 0 Å². The van der Waals surface area contributed by atoms with Crippen LogP contribution in [-0.2, 0) is 0 Å². The summed E-state index contributed by atoms with van der Waals surface area (Å²) in [7, 11) is 0. The molecule has 0 heteroatoms. The van der Waals surface area contributed by atoms with E-state index in [-0.39, 0.29) is 0 Å². The summed E-state index contributed by atoms with van der Waals surface area (Å²) in [6.07, 6.45) is 12.1. The Kier molecular flexibility index (Phi) is 6.04. The number of fused-ring (bicyclic) bond motifs is 4. The fraction of sp³-hybridized carbons (Fsp3) is 0.0286. The van der Waals surface area contributed by atoms with Crippen LogP contribution in [0, 0.1) is 0 Å². The first kappa shape index (κ1) is 22.4. The summed E-state index contributed by atoms with van der Waals surface area (Å²) in [4.78, 5) is 0. The maximum Gasteiger partial charge on any atom is -0.00141 e. The summed E-state index contributed by atoms with van der Waals surface area (Å²) in [5.41, 5.74) is 6.79. The van der Waals surface area contributed by atoms with E-state index in [0.29, 0.717) is 0 Å². The minimum Gasteiger partial charge on any atom is -0.0990 e. The van der Waals surface area contributed by atoms with Gasteiger partial charge >= 0.3 is 0 Å². The van der Waals surface area contributed by atoms with Crippen molar-refractivity contribution in [1.82, 2.24) is 0 Å². The highest BCUT2D eigenvalue weighted by Gasteiger charge is 2.20. The van der Waals surface area contributed by atoms with E-state index in [9.17, 15) is 0 Å². The molecule has 0 atom stereocenters. The number of allylic oxidation sites excluding steroid dienone is 5. The zero-order valence-electron chi connectivity index (χ0n) is 20.1. The molecule has 0 bridgehead atoms. The lowest BCUT2D eigenvalue weighted by Crippen LogP contribution is -1.99. The molecule has 0 aliphatic heterocycles. The standard InChI is InChI=1S/C35H28/c1-5-13-26(14-6-2)33-29(7-3)30(8-4)34(28-20-19-24-15-9-10-17-27(24)23-28)35-31-18-12-11-16-25(31)21-22-32(33)35/h5-23H,1,3-4H2,2H3/b14-6-,26-13+. The van der Waals surface area contributed by atoms with Crippen LogP contribution in [0.1, 0.15) is 23.6 Å². The molecule has 0 heterocycles. The van der Waals surface area contributed by atoms with Crippen LogP contribution in [-0.4, -0.2) is 0 Å². The first-order chi connectivity index (χ1) is 17.2. The summed E-state index contributed by atoms with van der Waals surface area (Å²) in [6, 6.07) is 28.3. The van der Waals surface area contributed by atoms with E-state index in [2.05, 4.69) is 117 Å². The van der Waals surface area contributed by atoms with Gasteiger partial charge < -0.3 is 0 Å². The van der Waals surface area contributed by atoms with Crippen LogP contribution in [0.25, 0.3) is 61.2 Å². The van der Waals surface area contributed by atoms with Gasteiger partial charge in [-0.25, -0.2) is 0 Å². The third-order valence-corrected chi connectivity index (χ3v) is 6.66. The van der Waals surface area contributed by atoms with Crippen molar-refractivity contribution in [3.63, 3.8) is 0 Å². The van der Waals surface area contributed by atoms with Gasteiger partial charge in [-0.3, -0.25) is 0 Å². The zero-order chi connectivity index (χ0) is 24.4. The second-order valence-electron chi connectivity index (χ2n) is 8.61. The van der Waals surface area contributed by atoms with E-state index in [4.69, 9.17) is 0 Å². The van der Waals surface area contributed by atoms with E-state index in [1.54, 1.807) is 0 Å². The molecular weight excluding hydrogens is 420 g/mol. The molecule has 5 aromatic rings. The maximum absolute atomic E-state index is 4.26. The Balaban J connectivity index is 2.06. The Hall–Kier alpha value is -4.42. The quantitative estimate of drug-likeness (QED) is 0.179. The van der Waals surface area contributed by atoms with Crippen molar-refractivity contribution < 1.29 is 0 Å². The topological polar surface area (TPSA) is 0 Å². The smallest absolute Gasteiger partial charge is 0.00141 e. The average Bonchev–Trinajstić information content (AvgIpc) is 2.91. The van der Waals surface area contributed by atoms with Crippen molar-refractivity contribution in [3.8, 4) is 11.1 Å². The van der Waals surface area contributed by atoms with Crippen molar-refractivity contribution in [2.45, 2.75) is 6.92 Å². The number of hydrogen-bond acceptors (Lipinski definition) is 0. The SMILES string of the molecule is C=C/C=C(\C=C/C)c1c(C=C)c(C=C)c(-c2ccc3ccccc3c2)c2c1ccc1ccccc12. The third-order valence-electron chi connectivity index (χ3n) is 6.66. The van der Waals surface area contributed by atoms with Gasteiger partial charge in [-0.05, 0) is 78.7 Å². The predicted molar refractivity (Wildman–Crippen MR) is 158 cm³/mol. The van der Waals surface area contributed by atoms with Crippen molar-refractivity contribution in [1.29, 1.82) is 0 Å². The molecule has 0 unspecified atom stereocenters. The predicted octanol–water partition coefficient (Wildman–Crippen LogP) is 10.2. The van der Waals surface area contributed by atoms with Gasteiger partial charge in [0.15, 0.2) is 0 Å². The molecule has 0 amide bonds. The van der Waals surface area contributed by atoms with Gasteiger partial charge in [0, 0.05) is 0 Å². The van der Waals surface area contributed by atoms with Crippen LogP contribution in [0.15, 0.2) is 123 Å². The summed E-state index contributed by atoms with van der Waals surface area (Å²) in [6.45, 7) is 14.5. The van der Waals surface area contributed by atoms with Gasteiger partial charge in [0.25, 0.3) is 0 Å². The van der Waals surface area contributed by atoms with Gasteiger partial charge in [-0.15, -0.1) is 0 Å². The van der Waals surface area contributed by atoms with Crippen LogP contribution in [0.3, 0.4) is 0 Å². The van der Waals surface area contributed by atoms with Gasteiger partial charge in [-0.1, -0.05) is 129 Å². The number of rotatable bonds is 6. The Morgan fingerprint density at radius 1 is 0.686 bits per heavy atom. The number of benzene rings is 5. The number of hydrogen-bond donors (Lipinski definition) is 0. The second-order valence-corrected chi connectivity index (χ2v) is 8.61. The highest BCUT2D eigenvalue weighted by molar-refractivity contribution is 6.20. The van der Waals surface area contributed by atoms with Gasteiger partial charge in [0.05, 0.1) is 0 Å². The Morgan fingerprint density at radius 3 is 2.09 bits per heavy atom.